The van der Waals surface area contributed by atoms with Crippen LogP contribution in [0.2, 0.25) is 0 Å². The smallest absolute Gasteiger partial charge is 0.335 e. The van der Waals surface area contributed by atoms with Gasteiger partial charge in [0, 0.05) is 95.1 Å². The van der Waals surface area contributed by atoms with E-state index in [1.54, 1.807) is 72.8 Å². The summed E-state index contributed by atoms with van der Waals surface area (Å²) < 4.78 is 13.1. The van der Waals surface area contributed by atoms with Crippen molar-refractivity contribution in [1.29, 1.82) is 0 Å². The molecule has 6 aromatic heterocycles. The standard InChI is InChI=1S/C118H112N8O8/c1-4-7-10-13-16-19-23-76-26-32-79(33-27-76)108-92-58-60-94(119-92)109(80-34-28-77(29-35-80)24-20-17-14-11-8-5-2)96-62-70-104(121-96)114(105-71-63-97(122-105)110(95-61-59-93(108)120-95)81-36-30-78(31-37-81)25-21-18-15-12-9-6-3)85-50-54-90(55-51-85)133-74-22-75-134-91-56-52-86(53-57-91)115-106-72-68-102(125-106)112(83-40-46-88(47-41-83)117(129)130)100-66-64-98(123-100)111(82-38-44-87(45-39-82)116(127)128)99-65-67-101(124-99)113(103-69-73-107(115)126-103)84-42-48-89(49-43-84)118(131)132/h26-73,119-120,123,125H,4-25,74-75H2,1-3H3,(H,127,128)(H,129,130)(H,131,132). The van der Waals surface area contributed by atoms with Crippen LogP contribution >= 0.6 is 0 Å². The summed E-state index contributed by atoms with van der Waals surface area (Å²) >= 11 is 0. The highest BCUT2D eigenvalue weighted by Crippen LogP contribution is 2.44. The number of H-pyrrole nitrogens is 4. The lowest BCUT2D eigenvalue weighted by atomic mass is 9.99. The van der Waals surface area contributed by atoms with Crippen molar-refractivity contribution in [2.75, 3.05) is 13.2 Å². The van der Waals surface area contributed by atoms with Crippen LogP contribution in [0.15, 0.2) is 243 Å². The number of unbranched alkanes of at least 4 members (excludes halogenated alkanes) is 15. The van der Waals surface area contributed by atoms with E-state index in [-0.39, 0.29) is 16.7 Å². The number of ether oxygens (including phenoxy) is 2. The molecule has 672 valence electrons. The first-order valence-electron chi connectivity index (χ1n) is 47.8. The molecule has 0 fully saturated rings. The number of carboxylic acid groups (broad SMARTS) is 3. The number of aromatic nitrogens is 8. The fourth-order valence-electron chi connectivity index (χ4n) is 18.9. The number of nitrogens with one attached hydrogen (secondary N) is 4. The van der Waals surface area contributed by atoms with Crippen molar-refractivity contribution in [3.05, 3.63) is 322 Å². The van der Waals surface area contributed by atoms with Gasteiger partial charge in [-0.1, -0.05) is 251 Å². The maximum Gasteiger partial charge on any atom is 0.335 e. The molecule has 18 rings (SSSR count). The molecular weight excluding hydrogens is 1660 g/mol. The Morgan fingerprint density at radius 1 is 0.224 bits per heavy atom. The van der Waals surface area contributed by atoms with Crippen LogP contribution in [-0.4, -0.2) is 86.3 Å². The Hall–Kier alpha value is -15.0. The number of carbonyl (C=O) groups is 3. The molecule has 4 aliphatic heterocycles. The first kappa shape index (κ1) is 89.6. The SMILES string of the molecule is CCCCCCCCc1ccc(-c2c3nc(c(-c4ccc(OCCCOc5ccc(-c6c7nc(c(-c8ccc(C(=O)O)cc8)c8nc(c(-c9ccc(C(=O)O)cc9)c9ccc([nH]9)c(-c9ccc(C(=O)O)cc9)c9ccc6[nH]9)C=C8)C=C7)cc5)cc4)c4nc(c(-c5ccc(CCCCCCCC)cc5)c5ccc([nH]5)c(-c5ccc(CCCCCCCC)cc5)c5ccc2[nH]5)C=C4)C=C3)cc1. The van der Waals surface area contributed by atoms with Crippen molar-refractivity contribution in [1.82, 2.24) is 39.9 Å². The number of aromatic amines is 4. The minimum atomic E-state index is -1.06. The number of carboxylic acids is 3. The zero-order valence-electron chi connectivity index (χ0n) is 76.4. The molecular formula is C118H112N8O8. The van der Waals surface area contributed by atoms with Crippen molar-refractivity contribution in [3.8, 4) is 101 Å². The van der Waals surface area contributed by atoms with E-state index in [4.69, 9.17) is 29.4 Å². The second-order valence-corrected chi connectivity index (χ2v) is 35.4. The second-order valence-electron chi connectivity index (χ2n) is 35.4. The van der Waals surface area contributed by atoms with Gasteiger partial charge in [-0.3, -0.25) is 0 Å². The summed E-state index contributed by atoms with van der Waals surface area (Å²) in [4.78, 5) is 74.3. The average Bonchev–Trinajstić information content (AvgIpc) is 1.62. The Morgan fingerprint density at radius 3 is 0.657 bits per heavy atom. The largest absolute Gasteiger partial charge is 0.493 e. The molecule has 0 spiro atoms. The first-order chi connectivity index (χ1) is 65.8. The summed E-state index contributed by atoms with van der Waals surface area (Å²) in [6, 6.07) is 80.9. The third kappa shape index (κ3) is 20.5. The van der Waals surface area contributed by atoms with Gasteiger partial charge in [-0.15, -0.1) is 0 Å². The molecule has 0 unspecified atom stereocenters. The van der Waals surface area contributed by atoms with E-state index in [9.17, 15) is 29.7 Å². The predicted molar refractivity (Wildman–Crippen MR) is 549 cm³/mol. The first-order valence-corrected chi connectivity index (χ1v) is 47.8. The number of aromatic carboxylic acids is 3. The fourth-order valence-corrected chi connectivity index (χ4v) is 18.9. The van der Waals surface area contributed by atoms with Crippen molar-refractivity contribution in [3.63, 3.8) is 0 Å². The van der Waals surface area contributed by atoms with Gasteiger partial charge in [0.15, 0.2) is 0 Å². The van der Waals surface area contributed by atoms with Crippen LogP contribution in [0.5, 0.6) is 11.5 Å². The molecule has 8 aromatic carbocycles. The summed E-state index contributed by atoms with van der Waals surface area (Å²) in [6.07, 6.45) is 42.7. The molecule has 0 saturated carbocycles. The highest BCUT2D eigenvalue weighted by Gasteiger charge is 2.25. The Morgan fingerprint density at radius 2 is 0.418 bits per heavy atom. The zero-order valence-corrected chi connectivity index (χ0v) is 76.4. The normalized spacial score (nSPS) is 12.0. The summed E-state index contributed by atoms with van der Waals surface area (Å²) in [5.41, 5.74) is 30.9. The van der Waals surface area contributed by atoms with Gasteiger partial charge in [0.1, 0.15) is 11.5 Å². The van der Waals surface area contributed by atoms with E-state index < -0.39 is 17.9 Å². The van der Waals surface area contributed by atoms with Crippen molar-refractivity contribution >= 4 is 111 Å². The summed E-state index contributed by atoms with van der Waals surface area (Å²) in [5.74, 6) is -1.79. The van der Waals surface area contributed by atoms with Gasteiger partial charge in [-0.25, -0.2) is 34.3 Å². The van der Waals surface area contributed by atoms with E-state index >= 15 is 0 Å². The van der Waals surface area contributed by atoms with Crippen LogP contribution < -0.4 is 9.47 Å². The Balaban J connectivity index is 0.668. The van der Waals surface area contributed by atoms with Crippen LogP contribution in [0, 0.1) is 0 Å². The summed E-state index contributed by atoms with van der Waals surface area (Å²) in [5, 5.41) is 30.0. The number of aryl methyl sites for hydroxylation is 3. The minimum absolute atomic E-state index is 0.124. The number of fused-ring (bicyclic) bond motifs is 16. The van der Waals surface area contributed by atoms with Gasteiger partial charge in [-0.05, 0) is 258 Å². The van der Waals surface area contributed by atoms with Crippen LogP contribution in [0.4, 0.5) is 0 Å². The zero-order chi connectivity index (χ0) is 91.8. The quantitative estimate of drug-likeness (QED) is 0.0179. The molecule has 14 aromatic rings. The van der Waals surface area contributed by atoms with Crippen LogP contribution in [0.25, 0.3) is 182 Å². The van der Waals surface area contributed by atoms with Crippen molar-refractivity contribution in [2.45, 2.75) is 162 Å². The molecule has 0 aliphatic carbocycles. The molecule has 16 nitrogen and oxygen atoms in total. The number of rotatable bonds is 38. The third-order valence-electron chi connectivity index (χ3n) is 26.1. The molecule has 0 atom stereocenters. The lowest BCUT2D eigenvalue weighted by molar-refractivity contribution is 0.0686. The third-order valence-corrected chi connectivity index (χ3v) is 26.1. The van der Waals surface area contributed by atoms with Gasteiger partial charge in [0.25, 0.3) is 0 Å². The maximum atomic E-state index is 12.3. The molecule has 0 radical (unpaired) electrons. The number of nitrogens with zero attached hydrogens (tertiary/aromatic N) is 4. The van der Waals surface area contributed by atoms with E-state index in [1.165, 1.54) is 132 Å². The average molecular weight is 1770 g/mol. The predicted octanol–water partition coefficient (Wildman–Crippen LogP) is 30.6. The van der Waals surface area contributed by atoms with Crippen molar-refractivity contribution in [2.24, 2.45) is 0 Å². The summed E-state index contributed by atoms with van der Waals surface area (Å²) in [6.45, 7) is 7.58. The molecule has 0 amide bonds. The van der Waals surface area contributed by atoms with Gasteiger partial charge in [0.2, 0.25) is 0 Å². The van der Waals surface area contributed by atoms with Gasteiger partial charge in [-0.2, -0.15) is 0 Å². The number of hydrogen-bond donors (Lipinski definition) is 7. The van der Waals surface area contributed by atoms with E-state index in [1.807, 2.05) is 85.0 Å². The minimum Gasteiger partial charge on any atom is -0.493 e. The van der Waals surface area contributed by atoms with Crippen LogP contribution in [0.1, 0.15) is 236 Å². The topological polar surface area (TPSA) is 245 Å². The van der Waals surface area contributed by atoms with Gasteiger partial charge in [0.05, 0.1) is 75.5 Å². The van der Waals surface area contributed by atoms with Crippen molar-refractivity contribution < 1.29 is 39.2 Å². The second kappa shape index (κ2) is 42.0. The number of benzene rings is 8. The summed E-state index contributed by atoms with van der Waals surface area (Å²) in [7, 11) is 0. The fraction of sp³-hybridized carbons (Fsp3) is 0.229. The van der Waals surface area contributed by atoms with Crippen LogP contribution in [-0.2, 0) is 19.3 Å². The Bertz CT molecular complexity index is 6970. The maximum absolute atomic E-state index is 12.3. The van der Waals surface area contributed by atoms with E-state index in [0.29, 0.717) is 92.7 Å². The molecule has 16 bridgehead atoms. The monoisotopic (exact) mass is 1770 g/mol. The Labute approximate surface area is 782 Å². The van der Waals surface area contributed by atoms with Gasteiger partial charge < -0.3 is 44.7 Å². The molecule has 0 saturated heterocycles. The van der Waals surface area contributed by atoms with E-state index in [0.717, 1.165) is 136 Å². The van der Waals surface area contributed by atoms with Gasteiger partial charge >= 0.3 is 17.9 Å². The molecule has 4 aliphatic rings. The molecule has 10 heterocycles. The Kier molecular flexibility index (Phi) is 28.1. The lowest BCUT2D eigenvalue weighted by Gasteiger charge is -2.11. The molecule has 134 heavy (non-hydrogen) atoms. The lowest BCUT2D eigenvalue weighted by Crippen LogP contribution is -2.05. The van der Waals surface area contributed by atoms with E-state index in [2.05, 4.69) is 174 Å². The highest BCUT2D eigenvalue weighted by molar-refractivity contribution is 6.04. The molecule has 7 N–H and O–H groups in total. The highest BCUT2D eigenvalue weighted by atomic mass is 16.5. The molecule has 16 heteroatoms. The van der Waals surface area contributed by atoms with Crippen LogP contribution in [0.3, 0.4) is 0 Å². The number of hydrogen-bond acceptors (Lipinski definition) is 9.